The third-order valence-electron chi connectivity index (χ3n) is 5.82. The zero-order valence-corrected chi connectivity index (χ0v) is 17.1. The Morgan fingerprint density at radius 3 is 2.62 bits per heavy atom. The van der Waals surface area contributed by atoms with Gasteiger partial charge >= 0.3 is 0 Å². The van der Waals surface area contributed by atoms with E-state index in [0.29, 0.717) is 19.5 Å². The molecule has 0 aliphatic carbocycles. The number of ketones is 1. The average molecular weight is 389 g/mol. The topological polar surface area (TPSA) is 55.2 Å². The predicted molar refractivity (Wildman–Crippen MR) is 114 cm³/mol. The van der Waals surface area contributed by atoms with Crippen LogP contribution in [0.4, 0.5) is 0 Å². The summed E-state index contributed by atoms with van der Waals surface area (Å²) in [6, 6.07) is 16.0. The molecule has 3 aromatic rings. The monoisotopic (exact) mass is 389 g/mol. The average Bonchev–Trinajstić information content (AvgIpc) is 3.08. The summed E-state index contributed by atoms with van der Waals surface area (Å²) in [6.07, 6.45) is 2.13. The fourth-order valence-electron chi connectivity index (χ4n) is 4.26. The van der Waals surface area contributed by atoms with Gasteiger partial charge in [-0.05, 0) is 49.6 Å². The Morgan fingerprint density at radius 1 is 1.07 bits per heavy atom. The van der Waals surface area contributed by atoms with Gasteiger partial charge in [-0.1, -0.05) is 36.4 Å². The Bertz CT molecular complexity index is 1050. The first-order valence-corrected chi connectivity index (χ1v) is 10.3. The van der Waals surface area contributed by atoms with Crippen LogP contribution in [0.3, 0.4) is 0 Å². The molecule has 0 N–H and O–H groups in total. The van der Waals surface area contributed by atoms with Gasteiger partial charge in [0, 0.05) is 43.2 Å². The third-order valence-corrected chi connectivity index (χ3v) is 5.82. The van der Waals surface area contributed by atoms with Crippen molar-refractivity contribution in [3.05, 3.63) is 65.5 Å². The lowest BCUT2D eigenvalue weighted by molar-refractivity contribution is -0.132. The molecule has 1 aliphatic heterocycles. The number of aromatic nitrogens is 2. The van der Waals surface area contributed by atoms with Crippen LogP contribution >= 0.6 is 0 Å². The van der Waals surface area contributed by atoms with Crippen molar-refractivity contribution in [1.82, 2.24) is 14.7 Å². The maximum absolute atomic E-state index is 13.1. The highest BCUT2D eigenvalue weighted by Crippen LogP contribution is 2.24. The molecular weight excluding hydrogens is 362 g/mol. The molecule has 150 valence electrons. The zero-order chi connectivity index (χ0) is 20.4. The van der Waals surface area contributed by atoms with Crippen molar-refractivity contribution in [1.29, 1.82) is 0 Å². The summed E-state index contributed by atoms with van der Waals surface area (Å²) in [4.78, 5) is 27.7. The molecule has 2 aromatic carbocycles. The van der Waals surface area contributed by atoms with Gasteiger partial charge in [-0.15, -0.1) is 0 Å². The van der Waals surface area contributed by atoms with Crippen LogP contribution in [0.1, 0.15) is 41.0 Å². The van der Waals surface area contributed by atoms with Gasteiger partial charge in [0.1, 0.15) is 0 Å². The zero-order valence-electron chi connectivity index (χ0n) is 17.1. The number of aryl methyl sites for hydroxylation is 3. The fourth-order valence-corrected chi connectivity index (χ4v) is 4.26. The standard InChI is InChI=1S/C24H27N3O2/c1-17-14-18(2)27(25-17)13-11-23(28)26-12-5-8-22(16-26)24(29)21-10-9-19-6-3-4-7-20(19)15-21/h3-4,6-7,9-10,14-15,22H,5,8,11-13,16H2,1-2H3/t22-/m1/s1. The number of fused-ring (bicyclic) bond motifs is 1. The van der Waals surface area contributed by atoms with Gasteiger partial charge in [0.25, 0.3) is 0 Å². The van der Waals surface area contributed by atoms with Crippen molar-refractivity contribution in [2.24, 2.45) is 5.92 Å². The van der Waals surface area contributed by atoms with Crippen molar-refractivity contribution in [2.75, 3.05) is 13.1 Å². The fraction of sp³-hybridized carbons (Fsp3) is 0.375. The minimum Gasteiger partial charge on any atom is -0.342 e. The number of benzene rings is 2. The van der Waals surface area contributed by atoms with Crippen LogP contribution in [0.2, 0.25) is 0 Å². The van der Waals surface area contributed by atoms with E-state index in [1.165, 1.54) is 0 Å². The third kappa shape index (κ3) is 4.24. The minimum absolute atomic E-state index is 0.105. The smallest absolute Gasteiger partial charge is 0.224 e. The van der Waals surface area contributed by atoms with Crippen molar-refractivity contribution in [3.8, 4) is 0 Å². The highest BCUT2D eigenvalue weighted by Gasteiger charge is 2.29. The van der Waals surface area contributed by atoms with Crippen molar-refractivity contribution < 1.29 is 9.59 Å². The van der Waals surface area contributed by atoms with E-state index in [1.54, 1.807) is 0 Å². The number of nitrogens with zero attached hydrogens (tertiary/aromatic N) is 3. The number of piperidine rings is 1. The molecule has 1 fully saturated rings. The highest BCUT2D eigenvalue weighted by atomic mass is 16.2. The SMILES string of the molecule is Cc1cc(C)n(CCC(=O)N2CCC[C@@H](C(=O)c3ccc4ccccc4c3)C2)n1. The second-order valence-electron chi connectivity index (χ2n) is 8.01. The van der Waals surface area contributed by atoms with Gasteiger partial charge in [-0.25, -0.2) is 0 Å². The molecule has 5 heteroatoms. The van der Waals surface area contributed by atoms with E-state index in [-0.39, 0.29) is 17.6 Å². The molecule has 0 spiro atoms. The molecule has 1 aromatic heterocycles. The molecule has 29 heavy (non-hydrogen) atoms. The number of likely N-dealkylation sites (tertiary alicyclic amines) is 1. The summed E-state index contributed by atoms with van der Waals surface area (Å²) in [6.45, 7) is 5.79. The van der Waals surface area contributed by atoms with Crippen molar-refractivity contribution >= 4 is 22.5 Å². The molecule has 1 saturated heterocycles. The Kier molecular flexibility index (Phi) is 5.47. The van der Waals surface area contributed by atoms with E-state index >= 15 is 0 Å². The van der Waals surface area contributed by atoms with E-state index in [4.69, 9.17) is 0 Å². The maximum Gasteiger partial charge on any atom is 0.224 e. The number of hydrogen-bond acceptors (Lipinski definition) is 3. The van der Waals surface area contributed by atoms with Crippen molar-refractivity contribution in [3.63, 3.8) is 0 Å². The van der Waals surface area contributed by atoms with Gasteiger partial charge in [0.2, 0.25) is 5.91 Å². The number of Topliss-reactive ketones (excluding diaryl/α,β-unsaturated/α-hetero) is 1. The summed E-state index contributed by atoms with van der Waals surface area (Å²) in [7, 11) is 0. The van der Waals surface area contributed by atoms with Crippen LogP contribution < -0.4 is 0 Å². The van der Waals surface area contributed by atoms with E-state index in [9.17, 15) is 9.59 Å². The molecular formula is C24H27N3O2. The Morgan fingerprint density at radius 2 is 1.86 bits per heavy atom. The van der Waals surface area contributed by atoms with Crippen LogP contribution in [-0.2, 0) is 11.3 Å². The molecule has 5 nitrogen and oxygen atoms in total. The quantitative estimate of drug-likeness (QED) is 0.616. The van der Waals surface area contributed by atoms with E-state index < -0.39 is 0 Å². The Hall–Kier alpha value is -2.95. The molecule has 0 unspecified atom stereocenters. The molecule has 0 saturated carbocycles. The van der Waals surface area contributed by atoms with Crippen LogP contribution in [0.5, 0.6) is 0 Å². The highest BCUT2D eigenvalue weighted by molar-refractivity contribution is 6.01. The number of carbonyl (C=O) groups is 2. The maximum atomic E-state index is 13.1. The van der Waals surface area contributed by atoms with E-state index in [2.05, 4.69) is 5.10 Å². The molecule has 0 bridgehead atoms. The lowest BCUT2D eigenvalue weighted by atomic mass is 9.89. The predicted octanol–water partition coefficient (Wildman–Crippen LogP) is 4.16. The second-order valence-corrected chi connectivity index (χ2v) is 8.01. The molecule has 1 atom stereocenters. The largest absolute Gasteiger partial charge is 0.342 e. The van der Waals surface area contributed by atoms with Crippen LogP contribution in [0.15, 0.2) is 48.5 Å². The molecule has 4 rings (SSSR count). The first-order valence-electron chi connectivity index (χ1n) is 10.3. The molecule has 1 amide bonds. The number of amides is 1. The number of rotatable bonds is 5. The molecule has 1 aliphatic rings. The Labute approximate surface area is 171 Å². The first kappa shape index (κ1) is 19.4. The lowest BCUT2D eigenvalue weighted by Crippen LogP contribution is -2.42. The molecule has 0 radical (unpaired) electrons. The summed E-state index contributed by atoms with van der Waals surface area (Å²) in [5.74, 6) is 0.128. The van der Waals surface area contributed by atoms with Crippen LogP contribution in [0, 0.1) is 19.8 Å². The number of carbonyl (C=O) groups excluding carboxylic acids is 2. The minimum atomic E-state index is -0.123. The van der Waals surface area contributed by atoms with Crippen LogP contribution in [0.25, 0.3) is 10.8 Å². The second kappa shape index (κ2) is 8.19. The van der Waals surface area contributed by atoms with E-state index in [1.807, 2.05) is 72.0 Å². The summed E-state index contributed by atoms with van der Waals surface area (Å²) in [5, 5.41) is 6.64. The van der Waals surface area contributed by atoms with E-state index in [0.717, 1.165) is 47.1 Å². The van der Waals surface area contributed by atoms with Crippen LogP contribution in [-0.4, -0.2) is 39.5 Å². The first-order chi connectivity index (χ1) is 14.0. The summed E-state index contributed by atoms with van der Waals surface area (Å²) in [5.41, 5.74) is 2.78. The number of hydrogen-bond donors (Lipinski definition) is 0. The summed E-state index contributed by atoms with van der Waals surface area (Å²) >= 11 is 0. The molecule has 2 heterocycles. The van der Waals surface area contributed by atoms with Gasteiger partial charge in [-0.3, -0.25) is 14.3 Å². The van der Waals surface area contributed by atoms with Gasteiger partial charge in [0.15, 0.2) is 5.78 Å². The van der Waals surface area contributed by atoms with Gasteiger partial charge < -0.3 is 4.90 Å². The van der Waals surface area contributed by atoms with Gasteiger partial charge in [-0.2, -0.15) is 5.10 Å². The normalized spacial score (nSPS) is 16.9. The van der Waals surface area contributed by atoms with Gasteiger partial charge in [0.05, 0.1) is 5.69 Å². The lowest BCUT2D eigenvalue weighted by Gasteiger charge is -2.32. The summed E-state index contributed by atoms with van der Waals surface area (Å²) < 4.78 is 1.88. The Balaban J connectivity index is 1.40. The van der Waals surface area contributed by atoms with Crippen molar-refractivity contribution in [2.45, 2.75) is 39.7 Å².